The number of phosphoric ester groups is 1. The van der Waals surface area contributed by atoms with Gasteiger partial charge in [0.15, 0.2) is 0 Å². The molecule has 1 aliphatic rings. The topological polar surface area (TPSA) is 206 Å². The van der Waals surface area contributed by atoms with E-state index in [1.807, 2.05) is 0 Å². The zero-order valence-electron chi connectivity index (χ0n) is 30.5. The fourth-order valence-corrected chi connectivity index (χ4v) is 7.34. The van der Waals surface area contributed by atoms with Crippen LogP contribution in [0.25, 0.3) is 0 Å². The first-order chi connectivity index (χ1) is 23.4. The first kappa shape index (κ1) is 46.4. The van der Waals surface area contributed by atoms with Crippen molar-refractivity contribution in [2.24, 2.45) is 0 Å². The van der Waals surface area contributed by atoms with E-state index in [1.165, 1.54) is 89.9 Å². The molecular weight excluding hydrogens is 653 g/mol. The van der Waals surface area contributed by atoms with Gasteiger partial charge < -0.3 is 40.8 Å². The Morgan fingerprint density at radius 3 is 1.41 bits per heavy atom. The van der Waals surface area contributed by atoms with Crippen molar-refractivity contribution in [3.8, 4) is 0 Å². The molecule has 0 saturated heterocycles. The van der Waals surface area contributed by atoms with E-state index in [0.717, 1.165) is 38.5 Å². The number of amides is 1. The number of hydrogen-bond acceptors (Lipinski definition) is 10. The molecule has 6 unspecified atom stereocenters. The fourth-order valence-electron chi connectivity index (χ4n) is 6.38. The lowest BCUT2D eigenvalue weighted by atomic mass is 9.85. The van der Waals surface area contributed by atoms with Crippen LogP contribution in [0.3, 0.4) is 0 Å². The van der Waals surface area contributed by atoms with E-state index in [4.69, 9.17) is 9.05 Å². The number of carbonyl (C=O) groups excluding carboxylic acids is 1. The molecule has 12 nitrogen and oxygen atoms in total. The van der Waals surface area contributed by atoms with Crippen LogP contribution in [0.4, 0.5) is 0 Å². The second kappa shape index (κ2) is 27.9. The van der Waals surface area contributed by atoms with Crippen molar-refractivity contribution in [1.29, 1.82) is 0 Å². The van der Waals surface area contributed by atoms with E-state index in [0.29, 0.717) is 19.3 Å². The van der Waals surface area contributed by atoms with Gasteiger partial charge in [0.2, 0.25) is 5.91 Å². The Kier molecular flexibility index (Phi) is 26.4. The van der Waals surface area contributed by atoms with Crippen LogP contribution in [0.1, 0.15) is 168 Å². The number of aliphatic hydroxyl groups is 6. The summed E-state index contributed by atoms with van der Waals surface area (Å²) >= 11 is 0. The van der Waals surface area contributed by atoms with Crippen molar-refractivity contribution >= 4 is 13.7 Å². The van der Waals surface area contributed by atoms with Crippen LogP contribution in [-0.4, -0.2) is 96.8 Å². The zero-order chi connectivity index (χ0) is 36.5. The molecule has 0 spiro atoms. The molecule has 1 saturated carbocycles. The third-order valence-electron chi connectivity index (χ3n) is 9.67. The Hall–Kier alpha value is -0.660. The number of nitrogens with one attached hydrogen (secondary N) is 1. The first-order valence-electron chi connectivity index (χ1n) is 19.5. The van der Waals surface area contributed by atoms with Crippen LogP contribution in [-0.2, 0) is 18.4 Å². The van der Waals surface area contributed by atoms with E-state index in [2.05, 4.69) is 19.2 Å². The molecule has 0 heterocycles. The number of rotatable bonds is 31. The lowest BCUT2D eigenvalue weighted by Crippen LogP contribution is -2.64. The van der Waals surface area contributed by atoms with E-state index in [1.54, 1.807) is 0 Å². The second-order valence-corrected chi connectivity index (χ2v) is 15.5. The van der Waals surface area contributed by atoms with E-state index >= 15 is 0 Å². The van der Waals surface area contributed by atoms with Gasteiger partial charge in [-0.25, -0.2) is 4.57 Å². The molecule has 9 atom stereocenters. The highest BCUT2D eigenvalue weighted by Gasteiger charge is 2.51. The van der Waals surface area contributed by atoms with Crippen LogP contribution >= 0.6 is 7.82 Å². The Morgan fingerprint density at radius 1 is 0.612 bits per heavy atom. The van der Waals surface area contributed by atoms with Crippen molar-refractivity contribution in [2.45, 2.75) is 217 Å². The maximum absolute atomic E-state index is 12.8. The summed E-state index contributed by atoms with van der Waals surface area (Å²) in [6.07, 6.45) is 13.0. The Labute approximate surface area is 296 Å². The molecule has 292 valence electrons. The monoisotopic (exact) mass is 725 g/mol. The third kappa shape index (κ3) is 20.8. The molecule has 0 aliphatic heterocycles. The minimum Gasteiger partial charge on any atom is -0.391 e. The van der Waals surface area contributed by atoms with Crippen LogP contribution in [0.15, 0.2) is 0 Å². The summed E-state index contributed by atoms with van der Waals surface area (Å²) < 4.78 is 22.8. The second-order valence-electron chi connectivity index (χ2n) is 14.1. The molecule has 8 N–H and O–H groups in total. The quantitative estimate of drug-likeness (QED) is 0.0328. The molecule has 1 aliphatic carbocycles. The number of unbranched alkanes of at least 4 members (excludes halogenated alkanes) is 20. The number of aliphatic hydroxyl groups excluding tert-OH is 6. The summed E-state index contributed by atoms with van der Waals surface area (Å²) in [7, 11) is -5.04. The van der Waals surface area contributed by atoms with Gasteiger partial charge in [0.25, 0.3) is 0 Å². The van der Waals surface area contributed by atoms with Crippen LogP contribution < -0.4 is 5.32 Å². The van der Waals surface area contributed by atoms with Crippen LogP contribution in [0.2, 0.25) is 0 Å². The average molecular weight is 726 g/mol. The van der Waals surface area contributed by atoms with Crippen LogP contribution in [0, 0.1) is 0 Å². The molecule has 1 fully saturated rings. The highest BCUT2D eigenvalue weighted by Crippen LogP contribution is 2.47. The van der Waals surface area contributed by atoms with Gasteiger partial charge in [0.1, 0.15) is 36.6 Å². The van der Waals surface area contributed by atoms with Gasteiger partial charge in [-0.1, -0.05) is 149 Å². The Balaban J connectivity index is 2.55. The molecule has 1 rings (SSSR count). The number of hydrogen-bond donors (Lipinski definition) is 8. The molecule has 0 aromatic rings. The van der Waals surface area contributed by atoms with Crippen molar-refractivity contribution in [3.63, 3.8) is 0 Å². The maximum atomic E-state index is 12.8. The molecular formula is C36H72NO11P. The number of phosphoric acid groups is 1. The summed E-state index contributed by atoms with van der Waals surface area (Å²) in [5.74, 6) is -0.310. The molecule has 1 amide bonds. The fraction of sp³-hybridized carbons (Fsp3) is 0.972. The summed E-state index contributed by atoms with van der Waals surface area (Å²) in [4.78, 5) is 23.2. The SMILES string of the molecule is CCCCCCCCCCCCCCCC(=O)N[C@@H](COP(=O)(O)OC1C(O)C(O)C(O)[C@@H](O)C1O)[C@H](O)CCCCCCCCCCC. The van der Waals surface area contributed by atoms with Gasteiger partial charge in [-0.15, -0.1) is 0 Å². The summed E-state index contributed by atoms with van der Waals surface area (Å²) in [6, 6.07) is -1.02. The molecule has 0 aromatic heterocycles. The summed E-state index contributed by atoms with van der Waals surface area (Å²) in [6.45, 7) is 3.82. The molecule has 0 radical (unpaired) electrons. The Morgan fingerprint density at radius 2 is 0.980 bits per heavy atom. The summed E-state index contributed by atoms with van der Waals surface area (Å²) in [5, 5.41) is 63.7. The highest BCUT2D eigenvalue weighted by molar-refractivity contribution is 7.47. The minimum absolute atomic E-state index is 0.241. The Bertz CT molecular complexity index is 853. The van der Waals surface area contributed by atoms with Crippen LogP contribution in [0.5, 0.6) is 0 Å². The van der Waals surface area contributed by atoms with E-state index in [9.17, 15) is 44.9 Å². The van der Waals surface area contributed by atoms with Gasteiger partial charge in [0, 0.05) is 6.42 Å². The minimum atomic E-state index is -5.04. The molecule has 0 bridgehead atoms. The van der Waals surface area contributed by atoms with Gasteiger partial charge in [-0.3, -0.25) is 13.8 Å². The molecule has 13 heteroatoms. The standard InChI is InChI=1S/C36H72NO11P/c1-3-5-7-9-11-13-14-15-16-18-20-22-24-26-30(39)37-28(29(38)25-23-21-19-17-12-10-8-6-4-2)27-47-49(45,46)48-36-34(43)32(41)31(40)33(42)35(36)44/h28-29,31-36,38,40-44H,3-27H2,1-2H3,(H,37,39)(H,45,46)/t28-,29+,31?,32+,33?,34?,35?,36?/m0/s1. The zero-order valence-corrected chi connectivity index (χ0v) is 31.4. The van der Waals surface area contributed by atoms with Gasteiger partial charge >= 0.3 is 7.82 Å². The first-order valence-corrected chi connectivity index (χ1v) is 21.0. The van der Waals surface area contributed by atoms with Crippen molar-refractivity contribution in [1.82, 2.24) is 5.32 Å². The third-order valence-corrected chi connectivity index (χ3v) is 10.7. The predicted molar refractivity (Wildman–Crippen MR) is 191 cm³/mol. The van der Waals surface area contributed by atoms with Gasteiger partial charge in [-0.2, -0.15) is 0 Å². The highest BCUT2D eigenvalue weighted by atomic mass is 31.2. The molecule has 49 heavy (non-hydrogen) atoms. The number of carbonyl (C=O) groups is 1. The van der Waals surface area contributed by atoms with Crippen molar-refractivity contribution in [2.75, 3.05) is 6.61 Å². The van der Waals surface area contributed by atoms with Crippen molar-refractivity contribution in [3.05, 3.63) is 0 Å². The largest absolute Gasteiger partial charge is 0.472 e. The smallest absolute Gasteiger partial charge is 0.391 e. The lowest BCUT2D eigenvalue weighted by molar-refractivity contribution is -0.220. The molecule has 0 aromatic carbocycles. The summed E-state index contributed by atoms with van der Waals surface area (Å²) in [5.41, 5.74) is 0. The van der Waals surface area contributed by atoms with Crippen molar-refractivity contribution < 1.29 is 53.9 Å². The normalized spacial score (nSPS) is 25.2. The van der Waals surface area contributed by atoms with Gasteiger partial charge in [0.05, 0.1) is 18.8 Å². The predicted octanol–water partition coefficient (Wildman–Crippen LogP) is 5.55. The lowest BCUT2D eigenvalue weighted by Gasteiger charge is -2.41. The maximum Gasteiger partial charge on any atom is 0.472 e. The average Bonchev–Trinajstić information content (AvgIpc) is 3.08. The van der Waals surface area contributed by atoms with E-state index < -0.39 is 63.2 Å². The van der Waals surface area contributed by atoms with E-state index in [-0.39, 0.29) is 12.3 Å². The van der Waals surface area contributed by atoms with Gasteiger partial charge in [-0.05, 0) is 12.8 Å².